The molecule has 0 saturated carbocycles. The third-order valence-electron chi connectivity index (χ3n) is 3.49. The minimum absolute atomic E-state index is 0.444. The van der Waals surface area contributed by atoms with Crippen LogP contribution in [-0.4, -0.2) is 17.0 Å². The Morgan fingerprint density at radius 3 is 2.58 bits per heavy atom. The van der Waals surface area contributed by atoms with Gasteiger partial charge >= 0.3 is 6.03 Å². The number of fused-ring (bicyclic) bond motifs is 1. The van der Waals surface area contributed by atoms with Crippen LogP contribution in [0.15, 0.2) is 64.8 Å². The first-order chi connectivity index (χ1) is 11.5. The van der Waals surface area contributed by atoms with Crippen LogP contribution in [0, 0.1) is 0 Å². The third-order valence-corrected chi connectivity index (χ3v) is 4.02. The van der Waals surface area contributed by atoms with Crippen LogP contribution < -0.4 is 16.0 Å². The highest BCUT2D eigenvalue weighted by Gasteiger charge is 2.23. The molecule has 1 heterocycles. The second kappa shape index (κ2) is 6.76. The van der Waals surface area contributed by atoms with Crippen molar-refractivity contribution in [1.29, 1.82) is 0 Å². The van der Waals surface area contributed by atoms with E-state index in [1.807, 2.05) is 12.1 Å². The summed E-state index contributed by atoms with van der Waals surface area (Å²) in [7, 11) is 0. The standard InChI is InChI=1S/C17H14BrN3O3/c18-10-5-7-11(8-6-10)19-17(24)21-14-9-15(22)16(23)20-13-4-2-1-3-12(13)14/h1-9,14,22H,(H,20,23)(H2,19,21,24). The molecule has 0 bridgehead atoms. The van der Waals surface area contributed by atoms with E-state index >= 15 is 0 Å². The first-order valence-corrected chi connectivity index (χ1v) is 7.96. The molecular formula is C17H14BrN3O3. The number of urea groups is 1. The molecule has 3 amide bonds. The van der Waals surface area contributed by atoms with E-state index in [9.17, 15) is 14.7 Å². The molecule has 24 heavy (non-hydrogen) atoms. The quantitative estimate of drug-likeness (QED) is 0.632. The van der Waals surface area contributed by atoms with Crippen molar-refractivity contribution in [3.63, 3.8) is 0 Å². The Labute approximate surface area is 146 Å². The van der Waals surface area contributed by atoms with Crippen LogP contribution in [0.3, 0.4) is 0 Å². The summed E-state index contributed by atoms with van der Waals surface area (Å²) in [6, 6.07) is 13.1. The van der Waals surface area contributed by atoms with Crippen molar-refractivity contribution in [2.45, 2.75) is 6.04 Å². The van der Waals surface area contributed by atoms with E-state index in [0.717, 1.165) is 4.47 Å². The lowest BCUT2D eigenvalue weighted by molar-refractivity contribution is -0.115. The number of aliphatic hydroxyl groups is 1. The summed E-state index contributed by atoms with van der Waals surface area (Å²) in [6.07, 6.45) is 1.31. The molecule has 2 aromatic carbocycles. The lowest BCUT2D eigenvalue weighted by Crippen LogP contribution is -2.31. The van der Waals surface area contributed by atoms with Crippen molar-refractivity contribution in [1.82, 2.24) is 5.32 Å². The van der Waals surface area contributed by atoms with Gasteiger partial charge in [0.15, 0.2) is 5.76 Å². The highest BCUT2D eigenvalue weighted by molar-refractivity contribution is 9.10. The van der Waals surface area contributed by atoms with Gasteiger partial charge in [0, 0.05) is 21.4 Å². The molecule has 0 saturated heterocycles. The third kappa shape index (κ3) is 3.57. The Bertz CT molecular complexity index is 818. The largest absolute Gasteiger partial charge is 0.503 e. The molecule has 7 heteroatoms. The Hall–Kier alpha value is -2.80. The Morgan fingerprint density at radius 1 is 1.12 bits per heavy atom. The number of halogens is 1. The molecule has 1 aliphatic heterocycles. The minimum atomic E-state index is -0.643. The molecule has 0 spiro atoms. The van der Waals surface area contributed by atoms with Crippen LogP contribution in [0.1, 0.15) is 11.6 Å². The fraction of sp³-hybridized carbons (Fsp3) is 0.0588. The fourth-order valence-corrected chi connectivity index (χ4v) is 2.62. The van der Waals surface area contributed by atoms with Gasteiger partial charge in [0.1, 0.15) is 0 Å². The van der Waals surface area contributed by atoms with Gasteiger partial charge in [-0.15, -0.1) is 0 Å². The maximum atomic E-state index is 12.2. The number of para-hydroxylation sites is 1. The summed E-state index contributed by atoms with van der Waals surface area (Å²) in [5, 5.41) is 17.8. The van der Waals surface area contributed by atoms with Crippen LogP contribution in [0.5, 0.6) is 0 Å². The number of carbonyl (C=O) groups excluding carboxylic acids is 2. The van der Waals surface area contributed by atoms with Crippen LogP contribution >= 0.6 is 15.9 Å². The number of carbonyl (C=O) groups is 2. The molecule has 122 valence electrons. The first-order valence-electron chi connectivity index (χ1n) is 7.17. The molecule has 4 N–H and O–H groups in total. The molecule has 0 aliphatic carbocycles. The molecule has 1 aliphatic rings. The van der Waals surface area contributed by atoms with Gasteiger partial charge in [-0.05, 0) is 36.4 Å². The number of rotatable bonds is 2. The Balaban J connectivity index is 1.81. The first kappa shape index (κ1) is 16.1. The van der Waals surface area contributed by atoms with Crippen LogP contribution in [0.4, 0.5) is 16.2 Å². The zero-order chi connectivity index (χ0) is 17.1. The average Bonchev–Trinajstić information content (AvgIpc) is 2.67. The Kier molecular flexibility index (Phi) is 4.52. The smallest absolute Gasteiger partial charge is 0.319 e. The van der Waals surface area contributed by atoms with Gasteiger partial charge in [-0.25, -0.2) is 4.79 Å². The zero-order valence-corrected chi connectivity index (χ0v) is 14.0. The van der Waals surface area contributed by atoms with Crippen molar-refractivity contribution in [2.75, 3.05) is 10.6 Å². The highest BCUT2D eigenvalue weighted by Crippen LogP contribution is 2.28. The molecule has 6 nitrogen and oxygen atoms in total. The topological polar surface area (TPSA) is 90.5 Å². The second-order valence-corrected chi connectivity index (χ2v) is 6.09. The number of hydrogen-bond donors (Lipinski definition) is 4. The Morgan fingerprint density at radius 2 is 1.83 bits per heavy atom. The number of benzene rings is 2. The van der Waals surface area contributed by atoms with Crippen molar-refractivity contribution >= 4 is 39.2 Å². The van der Waals surface area contributed by atoms with Gasteiger partial charge in [-0.2, -0.15) is 0 Å². The normalized spacial score (nSPS) is 16.3. The van der Waals surface area contributed by atoms with Gasteiger partial charge in [0.2, 0.25) is 0 Å². The van der Waals surface area contributed by atoms with E-state index in [2.05, 4.69) is 31.9 Å². The molecule has 0 aromatic heterocycles. The van der Waals surface area contributed by atoms with E-state index in [1.54, 1.807) is 36.4 Å². The van der Waals surface area contributed by atoms with E-state index in [1.165, 1.54) is 6.08 Å². The fourth-order valence-electron chi connectivity index (χ4n) is 2.35. The maximum absolute atomic E-state index is 12.2. The van der Waals surface area contributed by atoms with Crippen molar-refractivity contribution < 1.29 is 14.7 Å². The molecular weight excluding hydrogens is 374 g/mol. The van der Waals surface area contributed by atoms with Crippen LogP contribution in [0.2, 0.25) is 0 Å². The molecule has 3 rings (SSSR count). The number of hydrogen-bond acceptors (Lipinski definition) is 3. The van der Waals surface area contributed by atoms with Crippen LogP contribution in [-0.2, 0) is 4.79 Å². The average molecular weight is 388 g/mol. The predicted octanol–water partition coefficient (Wildman–Crippen LogP) is 3.71. The van der Waals surface area contributed by atoms with Gasteiger partial charge in [0.25, 0.3) is 5.91 Å². The van der Waals surface area contributed by atoms with Gasteiger partial charge in [0.05, 0.1) is 6.04 Å². The summed E-state index contributed by atoms with van der Waals surface area (Å²) >= 11 is 3.33. The summed E-state index contributed by atoms with van der Waals surface area (Å²) in [4.78, 5) is 24.0. The summed E-state index contributed by atoms with van der Waals surface area (Å²) in [5.74, 6) is -1.06. The molecule has 1 atom stereocenters. The second-order valence-electron chi connectivity index (χ2n) is 5.18. The zero-order valence-electron chi connectivity index (χ0n) is 12.4. The SMILES string of the molecule is O=C(Nc1ccc(Br)cc1)NC1C=C(O)C(=O)Nc2ccccc21. The van der Waals surface area contributed by atoms with E-state index in [-0.39, 0.29) is 0 Å². The van der Waals surface area contributed by atoms with Crippen molar-refractivity contribution in [2.24, 2.45) is 0 Å². The summed E-state index contributed by atoms with van der Waals surface area (Å²) in [6.45, 7) is 0. The highest BCUT2D eigenvalue weighted by atomic mass is 79.9. The number of amides is 3. The molecule has 1 unspecified atom stereocenters. The number of anilines is 2. The monoisotopic (exact) mass is 387 g/mol. The maximum Gasteiger partial charge on any atom is 0.319 e. The number of aliphatic hydroxyl groups excluding tert-OH is 1. The van der Waals surface area contributed by atoms with Gasteiger partial charge < -0.3 is 21.1 Å². The van der Waals surface area contributed by atoms with Crippen molar-refractivity contribution in [3.05, 3.63) is 70.4 Å². The van der Waals surface area contributed by atoms with Gasteiger partial charge in [-0.3, -0.25) is 4.79 Å². The lowest BCUT2D eigenvalue weighted by Gasteiger charge is -2.17. The molecule has 2 aromatic rings. The summed E-state index contributed by atoms with van der Waals surface area (Å²) in [5.41, 5.74) is 1.85. The van der Waals surface area contributed by atoms with Crippen molar-refractivity contribution in [3.8, 4) is 0 Å². The van der Waals surface area contributed by atoms with E-state index in [4.69, 9.17) is 0 Å². The van der Waals surface area contributed by atoms with Crippen LogP contribution in [0.25, 0.3) is 0 Å². The van der Waals surface area contributed by atoms with E-state index in [0.29, 0.717) is 16.9 Å². The number of nitrogens with one attached hydrogen (secondary N) is 3. The van der Waals surface area contributed by atoms with E-state index < -0.39 is 23.7 Å². The lowest BCUT2D eigenvalue weighted by atomic mass is 10.1. The molecule has 0 radical (unpaired) electrons. The molecule has 0 fully saturated rings. The minimum Gasteiger partial charge on any atom is -0.503 e. The predicted molar refractivity (Wildman–Crippen MR) is 94.8 cm³/mol. The summed E-state index contributed by atoms with van der Waals surface area (Å²) < 4.78 is 0.906. The van der Waals surface area contributed by atoms with Gasteiger partial charge in [-0.1, -0.05) is 34.1 Å².